The molecule has 2 unspecified atom stereocenters. The molecule has 0 aliphatic carbocycles. The summed E-state index contributed by atoms with van der Waals surface area (Å²) in [5, 5.41) is 0.630. The zero-order valence-corrected chi connectivity index (χ0v) is 15.1. The summed E-state index contributed by atoms with van der Waals surface area (Å²) in [7, 11) is 2.26. The number of hydrogen-bond donors (Lipinski definition) is 0. The maximum atomic E-state index is 6.33. The van der Waals surface area contributed by atoms with Crippen molar-refractivity contribution in [1.82, 2.24) is 14.9 Å². The summed E-state index contributed by atoms with van der Waals surface area (Å²) in [5.41, 5.74) is 1.10. The molecule has 1 aromatic rings. The molecule has 1 aromatic heterocycles. The van der Waals surface area contributed by atoms with Crippen LogP contribution in [0.15, 0.2) is 0 Å². The molecular weight excluding hydrogens is 385 g/mol. The number of nitrogens with zero attached hydrogens (tertiary/aromatic N) is 3. The minimum atomic E-state index is 0.393. The summed E-state index contributed by atoms with van der Waals surface area (Å²) in [6.07, 6.45) is 5.02. The van der Waals surface area contributed by atoms with Gasteiger partial charge in [0.1, 0.15) is 11.0 Å². The molecule has 3 nitrogen and oxygen atoms in total. The van der Waals surface area contributed by atoms with Gasteiger partial charge in [0.05, 0.1) is 9.26 Å². The van der Waals surface area contributed by atoms with E-state index in [0.717, 1.165) is 15.1 Å². The van der Waals surface area contributed by atoms with Crippen molar-refractivity contribution in [2.75, 3.05) is 7.05 Å². The van der Waals surface area contributed by atoms with Gasteiger partial charge >= 0.3 is 0 Å². The Morgan fingerprint density at radius 3 is 2.35 bits per heavy atom. The summed E-state index contributed by atoms with van der Waals surface area (Å²) < 4.78 is 1.01. The molecule has 0 radical (unpaired) electrons. The van der Waals surface area contributed by atoms with Gasteiger partial charge in [-0.3, -0.25) is 0 Å². The molecule has 20 heavy (non-hydrogen) atoms. The highest BCUT2D eigenvalue weighted by Crippen LogP contribution is 2.41. The first kappa shape index (κ1) is 15.0. The average molecular weight is 406 g/mol. The van der Waals surface area contributed by atoms with Gasteiger partial charge in [-0.15, -0.1) is 0 Å². The van der Waals surface area contributed by atoms with E-state index in [1.807, 2.05) is 0 Å². The zero-order valence-electron chi connectivity index (χ0n) is 12.2. The summed E-state index contributed by atoms with van der Waals surface area (Å²) >= 11 is 8.60. The first-order valence-electron chi connectivity index (χ1n) is 7.42. The predicted molar refractivity (Wildman–Crippen MR) is 90.4 cm³/mol. The predicted octanol–water partition coefficient (Wildman–Crippen LogP) is 4.20. The Bertz CT molecular complexity index is 506. The maximum absolute atomic E-state index is 6.33. The Labute approximate surface area is 139 Å². The van der Waals surface area contributed by atoms with Gasteiger partial charge in [-0.1, -0.05) is 25.4 Å². The maximum Gasteiger partial charge on any atom is 0.146 e. The summed E-state index contributed by atoms with van der Waals surface area (Å²) in [5.74, 6) is 1.85. The van der Waals surface area contributed by atoms with Gasteiger partial charge in [-0.05, 0) is 61.2 Å². The number of halogens is 2. The second-order valence-corrected chi connectivity index (χ2v) is 7.88. The molecule has 0 N–H and O–H groups in total. The molecule has 2 fully saturated rings. The Kier molecular flexibility index (Phi) is 4.26. The van der Waals surface area contributed by atoms with Crippen LogP contribution in [0.4, 0.5) is 0 Å². The molecule has 2 bridgehead atoms. The molecule has 3 rings (SSSR count). The van der Waals surface area contributed by atoms with Crippen LogP contribution in [0.5, 0.6) is 0 Å². The van der Waals surface area contributed by atoms with Crippen LogP contribution in [0.1, 0.15) is 62.9 Å². The highest BCUT2D eigenvalue weighted by atomic mass is 127. The van der Waals surface area contributed by atoms with E-state index < -0.39 is 0 Å². The molecule has 2 atom stereocenters. The van der Waals surface area contributed by atoms with Crippen LogP contribution < -0.4 is 0 Å². The van der Waals surface area contributed by atoms with Crippen LogP contribution >= 0.6 is 34.2 Å². The average Bonchev–Trinajstić information content (AvgIpc) is 2.64. The van der Waals surface area contributed by atoms with Crippen LogP contribution in [-0.4, -0.2) is 34.0 Å². The molecule has 0 amide bonds. The third-order valence-corrected chi connectivity index (χ3v) is 6.52. The Hall–Kier alpha value is 0.0600. The van der Waals surface area contributed by atoms with Crippen molar-refractivity contribution < 1.29 is 0 Å². The molecule has 110 valence electrons. The van der Waals surface area contributed by atoms with E-state index >= 15 is 0 Å². The topological polar surface area (TPSA) is 29.0 Å². The van der Waals surface area contributed by atoms with Crippen molar-refractivity contribution in [3.8, 4) is 0 Å². The van der Waals surface area contributed by atoms with Gasteiger partial charge in [0.15, 0.2) is 0 Å². The third kappa shape index (κ3) is 2.59. The largest absolute Gasteiger partial charge is 0.300 e. The Morgan fingerprint density at radius 1 is 1.20 bits per heavy atom. The third-order valence-electron chi connectivity index (χ3n) is 4.86. The molecule has 2 saturated heterocycles. The molecule has 0 saturated carbocycles. The van der Waals surface area contributed by atoms with Gasteiger partial charge < -0.3 is 4.90 Å². The molecule has 0 aromatic carbocycles. The second kappa shape index (κ2) is 5.69. The lowest BCUT2D eigenvalue weighted by atomic mass is 9.90. The number of aromatic nitrogens is 2. The minimum Gasteiger partial charge on any atom is -0.300 e. The lowest BCUT2D eigenvalue weighted by molar-refractivity contribution is 0.158. The Morgan fingerprint density at radius 2 is 1.80 bits per heavy atom. The van der Waals surface area contributed by atoms with E-state index in [1.165, 1.54) is 25.7 Å². The van der Waals surface area contributed by atoms with Crippen molar-refractivity contribution in [2.45, 2.75) is 63.5 Å². The van der Waals surface area contributed by atoms with E-state index in [9.17, 15) is 0 Å². The molecule has 2 aliphatic heterocycles. The van der Waals surface area contributed by atoms with Crippen molar-refractivity contribution in [3.05, 3.63) is 20.2 Å². The molecule has 2 aliphatic rings. The smallest absolute Gasteiger partial charge is 0.146 e. The van der Waals surface area contributed by atoms with Crippen molar-refractivity contribution >= 4 is 34.2 Å². The minimum absolute atomic E-state index is 0.393. The van der Waals surface area contributed by atoms with Crippen molar-refractivity contribution in [3.63, 3.8) is 0 Å². The lowest BCUT2D eigenvalue weighted by Gasteiger charge is -2.35. The van der Waals surface area contributed by atoms with Crippen LogP contribution in [0.25, 0.3) is 0 Å². The first-order valence-corrected chi connectivity index (χ1v) is 8.87. The van der Waals surface area contributed by atoms with Gasteiger partial charge in [0, 0.05) is 18.0 Å². The standard InChI is InChI=1S/C15H21ClIN3/c1-8(2)13-12(17)14(16)19-15(18-13)9-6-10-4-5-11(7-9)20(10)3/h8-11H,4-7H2,1-3H3. The quantitative estimate of drug-likeness (QED) is 0.545. The van der Waals surface area contributed by atoms with Gasteiger partial charge in [0.25, 0.3) is 0 Å². The normalized spacial score (nSPS) is 30.2. The lowest BCUT2D eigenvalue weighted by Crippen LogP contribution is -2.39. The van der Waals surface area contributed by atoms with E-state index in [2.05, 4.69) is 53.4 Å². The monoisotopic (exact) mass is 405 g/mol. The fourth-order valence-electron chi connectivity index (χ4n) is 3.64. The van der Waals surface area contributed by atoms with Crippen molar-refractivity contribution in [1.29, 1.82) is 0 Å². The summed E-state index contributed by atoms with van der Waals surface area (Å²) in [6, 6.07) is 1.42. The molecular formula is C15H21ClIN3. The van der Waals surface area contributed by atoms with Crippen LogP contribution in [-0.2, 0) is 0 Å². The number of hydrogen-bond acceptors (Lipinski definition) is 3. The fraction of sp³-hybridized carbons (Fsp3) is 0.733. The number of piperidine rings is 1. The molecule has 3 heterocycles. The van der Waals surface area contributed by atoms with Crippen LogP contribution in [0.3, 0.4) is 0 Å². The van der Waals surface area contributed by atoms with Gasteiger partial charge in [-0.2, -0.15) is 0 Å². The number of rotatable bonds is 2. The highest BCUT2D eigenvalue weighted by Gasteiger charge is 2.40. The Balaban J connectivity index is 1.91. The van der Waals surface area contributed by atoms with Crippen LogP contribution in [0.2, 0.25) is 5.15 Å². The summed E-state index contributed by atoms with van der Waals surface area (Å²) in [4.78, 5) is 12.0. The second-order valence-electron chi connectivity index (χ2n) is 6.45. The summed E-state index contributed by atoms with van der Waals surface area (Å²) in [6.45, 7) is 4.34. The van der Waals surface area contributed by atoms with Crippen LogP contribution in [0, 0.1) is 3.57 Å². The molecule has 0 spiro atoms. The van der Waals surface area contributed by atoms with E-state index in [-0.39, 0.29) is 0 Å². The zero-order chi connectivity index (χ0) is 14.4. The fourth-order valence-corrected chi connectivity index (χ4v) is 4.69. The molecule has 5 heteroatoms. The highest BCUT2D eigenvalue weighted by molar-refractivity contribution is 14.1. The van der Waals surface area contributed by atoms with E-state index in [0.29, 0.717) is 29.1 Å². The number of fused-ring (bicyclic) bond motifs is 2. The van der Waals surface area contributed by atoms with Gasteiger partial charge in [0.2, 0.25) is 0 Å². The van der Waals surface area contributed by atoms with E-state index in [4.69, 9.17) is 16.6 Å². The SMILES string of the molecule is CC(C)c1nc(C2CC3CCC(C2)N3C)nc(Cl)c1I. The first-order chi connectivity index (χ1) is 9.47. The van der Waals surface area contributed by atoms with Gasteiger partial charge in [-0.25, -0.2) is 9.97 Å². The van der Waals surface area contributed by atoms with E-state index in [1.54, 1.807) is 0 Å². The van der Waals surface area contributed by atoms with Crippen molar-refractivity contribution in [2.24, 2.45) is 0 Å².